The number of fused-ring (bicyclic) bond motifs is 1. The molecule has 1 N–H and O–H groups in total. The second-order valence-electron chi connectivity index (χ2n) is 5.94. The van der Waals surface area contributed by atoms with Crippen molar-refractivity contribution in [3.05, 3.63) is 33.9 Å². The number of hydrogen-bond donors (Lipinski definition) is 1. The minimum Gasteiger partial charge on any atom is -0.464 e. The molecule has 20 heavy (non-hydrogen) atoms. The number of ether oxygens (including phenoxy) is 1. The van der Waals surface area contributed by atoms with Crippen molar-refractivity contribution in [2.75, 3.05) is 13.7 Å². The van der Waals surface area contributed by atoms with Gasteiger partial charge in [-0.3, -0.25) is 0 Å². The Morgan fingerprint density at radius 2 is 2.05 bits per heavy atom. The smallest absolute Gasteiger partial charge is 0.357 e. The Bertz CT molecular complexity index is 583. The number of nitrogens with one attached hydrogen (secondary N) is 1. The first kappa shape index (κ1) is 12.3. The van der Waals surface area contributed by atoms with Crippen LogP contribution in [0.15, 0.2) is 33.9 Å². The third-order valence-corrected chi connectivity index (χ3v) is 4.81. The summed E-state index contributed by atoms with van der Waals surface area (Å²) < 4.78 is 4.80. The lowest BCUT2D eigenvalue weighted by Gasteiger charge is -2.28. The van der Waals surface area contributed by atoms with Crippen LogP contribution < -0.4 is 5.32 Å². The molecular weight excluding hydrogens is 276 g/mol. The van der Waals surface area contributed by atoms with Crippen LogP contribution in [0.1, 0.15) is 25.7 Å². The molecule has 0 atom stereocenters. The van der Waals surface area contributed by atoms with Crippen LogP contribution in [0.4, 0.5) is 0 Å². The van der Waals surface area contributed by atoms with Gasteiger partial charge < -0.3 is 15.0 Å². The Kier molecular flexibility index (Phi) is 2.64. The number of carbonyl (C=O) groups is 1. The Labute approximate surface area is 123 Å². The average molecular weight is 293 g/mol. The van der Waals surface area contributed by atoms with Crippen molar-refractivity contribution in [3.8, 4) is 0 Å². The van der Waals surface area contributed by atoms with E-state index in [2.05, 4.69) is 11.4 Å². The van der Waals surface area contributed by atoms with E-state index in [-0.39, 0.29) is 0 Å². The number of nitrogens with zero attached hydrogens (tertiary/aromatic N) is 1. The minimum absolute atomic E-state index is 0.368. The topological polar surface area (TPSA) is 41.6 Å². The van der Waals surface area contributed by atoms with Crippen molar-refractivity contribution in [1.29, 1.82) is 0 Å². The largest absolute Gasteiger partial charge is 0.464 e. The van der Waals surface area contributed by atoms with Gasteiger partial charge >= 0.3 is 5.97 Å². The summed E-state index contributed by atoms with van der Waals surface area (Å²) in [5, 5.41) is 3.65. The zero-order valence-electron chi connectivity index (χ0n) is 11.4. The summed E-state index contributed by atoms with van der Waals surface area (Å²) in [4.78, 5) is 13.8. The van der Waals surface area contributed by atoms with Gasteiger partial charge in [0, 0.05) is 6.54 Å². The van der Waals surface area contributed by atoms with E-state index in [1.165, 1.54) is 43.9 Å². The number of carbonyl (C=O) groups excluding carboxylic acids is 1. The van der Waals surface area contributed by atoms with Crippen molar-refractivity contribution in [3.63, 3.8) is 0 Å². The van der Waals surface area contributed by atoms with Gasteiger partial charge in [-0.1, -0.05) is 17.7 Å². The van der Waals surface area contributed by atoms with Gasteiger partial charge in [-0.25, -0.2) is 4.79 Å². The van der Waals surface area contributed by atoms with Crippen molar-refractivity contribution >= 4 is 17.6 Å². The first-order valence-electron chi connectivity index (χ1n) is 7.16. The van der Waals surface area contributed by atoms with Gasteiger partial charge in [0.05, 0.1) is 7.11 Å². The van der Waals surface area contributed by atoms with Crippen LogP contribution in [0.2, 0.25) is 0 Å². The zero-order chi connectivity index (χ0) is 13.9. The molecule has 4 nitrogen and oxygen atoms in total. The third-order valence-electron chi connectivity index (χ3n) is 4.42. The van der Waals surface area contributed by atoms with Gasteiger partial charge in [-0.15, -0.1) is 0 Å². The van der Waals surface area contributed by atoms with Crippen LogP contribution in [0.25, 0.3) is 0 Å². The molecule has 0 radical (unpaired) electrons. The number of rotatable bonds is 3. The van der Waals surface area contributed by atoms with E-state index in [0.29, 0.717) is 16.8 Å². The summed E-state index contributed by atoms with van der Waals surface area (Å²) in [6, 6.07) is 0. The van der Waals surface area contributed by atoms with E-state index < -0.39 is 5.97 Å². The lowest BCUT2D eigenvalue weighted by Crippen LogP contribution is -2.29. The molecule has 0 aromatic heterocycles. The fourth-order valence-corrected chi connectivity index (χ4v) is 3.26. The van der Waals surface area contributed by atoms with Gasteiger partial charge in [0.1, 0.15) is 11.0 Å². The summed E-state index contributed by atoms with van der Waals surface area (Å²) in [5.74, 6) is 1.93. The van der Waals surface area contributed by atoms with Crippen LogP contribution in [0, 0.1) is 11.8 Å². The lowest BCUT2D eigenvalue weighted by atomic mass is 10.00. The first-order valence-corrected chi connectivity index (χ1v) is 7.54. The van der Waals surface area contributed by atoms with E-state index in [1.54, 1.807) is 0 Å². The summed E-state index contributed by atoms with van der Waals surface area (Å²) in [5.41, 5.74) is 3.14. The van der Waals surface area contributed by atoms with Crippen LogP contribution >= 0.6 is 11.6 Å². The Morgan fingerprint density at radius 3 is 2.65 bits per heavy atom. The highest BCUT2D eigenvalue weighted by atomic mass is 35.5. The van der Waals surface area contributed by atoms with Gasteiger partial charge in [-0.05, 0) is 48.7 Å². The molecule has 0 spiro atoms. The summed E-state index contributed by atoms with van der Waals surface area (Å²) in [7, 11) is 1.38. The van der Waals surface area contributed by atoms with E-state index in [0.717, 1.165) is 18.3 Å². The van der Waals surface area contributed by atoms with Gasteiger partial charge in [0.2, 0.25) is 0 Å². The molecule has 4 rings (SSSR count). The van der Waals surface area contributed by atoms with Crippen LogP contribution in [-0.4, -0.2) is 24.5 Å². The maximum Gasteiger partial charge on any atom is 0.357 e. The number of allylic oxidation sites excluding steroid dienone is 2. The Balaban J connectivity index is 1.72. The zero-order valence-corrected chi connectivity index (χ0v) is 12.2. The SMILES string of the molecule is COC(=O)C1=C(Cl)N2CC(C3CC3)=CC(C3CC3)=C2N1. The fraction of sp³-hybridized carbons (Fsp3) is 0.533. The Morgan fingerprint density at radius 1 is 1.35 bits per heavy atom. The van der Waals surface area contributed by atoms with E-state index in [9.17, 15) is 4.79 Å². The molecule has 0 bridgehead atoms. The molecule has 2 aliphatic heterocycles. The normalized spacial score (nSPS) is 25.5. The van der Waals surface area contributed by atoms with Crippen molar-refractivity contribution in [2.45, 2.75) is 25.7 Å². The number of esters is 1. The van der Waals surface area contributed by atoms with Crippen LogP contribution in [0.5, 0.6) is 0 Å². The standard InChI is InChI=1S/C15H17ClN2O2/c1-20-15(19)12-13(16)18-7-10(8-2-3-8)6-11(9-4-5-9)14(18)17-12/h6,8-9,17H,2-5,7H2,1H3. The second kappa shape index (κ2) is 4.29. The average Bonchev–Trinajstić information content (AvgIpc) is 3.35. The van der Waals surface area contributed by atoms with Crippen molar-refractivity contribution in [2.24, 2.45) is 11.8 Å². The number of halogens is 1. The van der Waals surface area contributed by atoms with Crippen molar-refractivity contribution < 1.29 is 9.53 Å². The highest BCUT2D eigenvalue weighted by Gasteiger charge is 2.41. The lowest BCUT2D eigenvalue weighted by molar-refractivity contribution is -0.136. The second-order valence-corrected chi connectivity index (χ2v) is 6.30. The molecule has 4 aliphatic rings. The fourth-order valence-electron chi connectivity index (χ4n) is 2.99. The molecule has 2 fully saturated rings. The van der Waals surface area contributed by atoms with Crippen LogP contribution in [-0.2, 0) is 9.53 Å². The quantitative estimate of drug-likeness (QED) is 0.641. The molecule has 106 valence electrons. The van der Waals surface area contributed by atoms with E-state index >= 15 is 0 Å². The first-order chi connectivity index (χ1) is 9.69. The molecule has 0 aromatic rings. The molecule has 0 amide bonds. The molecular formula is C15H17ClN2O2. The predicted octanol–water partition coefficient (Wildman–Crippen LogP) is 2.44. The summed E-state index contributed by atoms with van der Waals surface area (Å²) in [6.45, 7) is 0.794. The Hall–Kier alpha value is -1.42. The highest BCUT2D eigenvalue weighted by Crippen LogP contribution is 2.47. The highest BCUT2D eigenvalue weighted by molar-refractivity contribution is 6.31. The van der Waals surface area contributed by atoms with Crippen molar-refractivity contribution in [1.82, 2.24) is 10.2 Å². The maximum atomic E-state index is 11.8. The van der Waals surface area contributed by atoms with E-state index in [4.69, 9.17) is 16.3 Å². The van der Waals surface area contributed by atoms with Gasteiger partial charge in [0.25, 0.3) is 0 Å². The third kappa shape index (κ3) is 1.85. The molecule has 2 heterocycles. The molecule has 2 aliphatic carbocycles. The molecule has 2 saturated carbocycles. The molecule has 0 unspecified atom stereocenters. The van der Waals surface area contributed by atoms with E-state index in [1.807, 2.05) is 4.90 Å². The minimum atomic E-state index is -0.403. The summed E-state index contributed by atoms with van der Waals surface area (Å²) >= 11 is 6.39. The summed E-state index contributed by atoms with van der Waals surface area (Å²) in [6.07, 6.45) is 7.37. The predicted molar refractivity (Wildman–Crippen MR) is 75.3 cm³/mol. The monoisotopic (exact) mass is 292 g/mol. The number of methoxy groups -OCH3 is 1. The maximum absolute atomic E-state index is 11.8. The number of hydrogen-bond acceptors (Lipinski definition) is 4. The molecule has 0 aromatic carbocycles. The molecule has 5 heteroatoms. The van der Waals surface area contributed by atoms with Gasteiger partial charge in [0.15, 0.2) is 5.70 Å². The van der Waals surface area contributed by atoms with Gasteiger partial charge in [-0.2, -0.15) is 0 Å². The molecule has 0 saturated heterocycles. The van der Waals surface area contributed by atoms with Crippen LogP contribution in [0.3, 0.4) is 0 Å².